The van der Waals surface area contributed by atoms with Crippen LogP contribution in [-0.4, -0.2) is 44.1 Å². The molecule has 0 aromatic heterocycles. The van der Waals surface area contributed by atoms with E-state index in [0.29, 0.717) is 29.2 Å². The minimum atomic E-state index is -1.08. The summed E-state index contributed by atoms with van der Waals surface area (Å²) in [5.74, 6) is -0.706. The van der Waals surface area contributed by atoms with Crippen LogP contribution in [0.4, 0.5) is 5.69 Å². The highest BCUT2D eigenvalue weighted by Gasteiger charge is 2.14. The number of hydrogen-bond acceptors (Lipinski definition) is 6. The second kappa shape index (κ2) is 10.1. The van der Waals surface area contributed by atoms with Gasteiger partial charge in [-0.05, 0) is 54.8 Å². The number of esters is 1. The van der Waals surface area contributed by atoms with Gasteiger partial charge in [-0.1, -0.05) is 6.08 Å². The Kier molecular flexibility index (Phi) is 7.54. The van der Waals surface area contributed by atoms with Crippen molar-refractivity contribution in [3.05, 3.63) is 65.2 Å². The highest BCUT2D eigenvalue weighted by molar-refractivity contribution is 5.90. The van der Waals surface area contributed by atoms with Crippen LogP contribution >= 0.6 is 0 Å². The average molecular weight is 397 g/mol. The van der Waals surface area contributed by atoms with Gasteiger partial charge >= 0.3 is 11.9 Å². The maximum atomic E-state index is 11.6. The summed E-state index contributed by atoms with van der Waals surface area (Å²) in [6, 6.07) is 8.65. The summed E-state index contributed by atoms with van der Waals surface area (Å²) >= 11 is 0. The van der Waals surface area contributed by atoms with E-state index in [2.05, 4.69) is 11.6 Å². The number of allylic oxidation sites excluding steroid dienone is 1. The summed E-state index contributed by atoms with van der Waals surface area (Å²) in [5, 5.41) is 8.88. The lowest BCUT2D eigenvalue weighted by molar-refractivity contribution is -0.139. The van der Waals surface area contributed by atoms with Crippen molar-refractivity contribution in [2.45, 2.75) is 13.3 Å². The fraction of sp³-hybridized carbons (Fsp3) is 0.227. The molecule has 29 heavy (non-hydrogen) atoms. The van der Waals surface area contributed by atoms with Crippen molar-refractivity contribution in [1.82, 2.24) is 0 Å². The summed E-state index contributed by atoms with van der Waals surface area (Å²) in [4.78, 5) is 27.0. The molecule has 0 atom stereocenters. The highest BCUT2D eigenvalue weighted by atomic mass is 16.5. The van der Waals surface area contributed by atoms with Crippen LogP contribution in [0, 0.1) is 6.92 Å². The minimum Gasteiger partial charge on any atom is -0.493 e. The average Bonchev–Trinajstić information content (AvgIpc) is 2.71. The Hall–Kier alpha value is -3.61. The zero-order valence-electron chi connectivity index (χ0n) is 16.6. The zero-order valence-corrected chi connectivity index (χ0v) is 16.6. The summed E-state index contributed by atoms with van der Waals surface area (Å²) in [6.07, 6.45) is 3.83. The van der Waals surface area contributed by atoms with Crippen molar-refractivity contribution in [3.63, 3.8) is 0 Å². The zero-order chi connectivity index (χ0) is 21.4. The number of carboxylic acid groups (broad SMARTS) is 1. The SMILES string of the molecule is C=CCc1cc(C=Nc2ccc(C(=O)OC)cc2C)cc(OC)c1OCC(=O)O. The molecular weight excluding hydrogens is 374 g/mol. The van der Waals surface area contributed by atoms with Gasteiger partial charge in [-0.2, -0.15) is 0 Å². The molecule has 0 spiro atoms. The van der Waals surface area contributed by atoms with Crippen molar-refractivity contribution in [3.8, 4) is 11.5 Å². The van der Waals surface area contributed by atoms with Crippen LogP contribution in [0.3, 0.4) is 0 Å². The molecule has 0 aliphatic carbocycles. The first kappa shape index (κ1) is 21.7. The molecule has 0 saturated heterocycles. The van der Waals surface area contributed by atoms with E-state index in [-0.39, 0.29) is 0 Å². The molecule has 2 aromatic carbocycles. The molecular formula is C22H23NO6. The van der Waals surface area contributed by atoms with Crippen molar-refractivity contribution in [2.75, 3.05) is 20.8 Å². The summed E-state index contributed by atoms with van der Waals surface area (Å²) < 4.78 is 15.5. The predicted octanol–water partition coefficient (Wildman–Crippen LogP) is 3.73. The molecule has 0 fully saturated rings. The van der Waals surface area contributed by atoms with E-state index in [4.69, 9.17) is 19.3 Å². The third-order valence-electron chi connectivity index (χ3n) is 4.05. The van der Waals surface area contributed by atoms with Crippen LogP contribution in [0.2, 0.25) is 0 Å². The van der Waals surface area contributed by atoms with Crippen molar-refractivity contribution < 1.29 is 28.9 Å². The lowest BCUT2D eigenvalue weighted by Crippen LogP contribution is -2.11. The molecule has 2 aromatic rings. The molecule has 7 nitrogen and oxygen atoms in total. The number of aryl methyl sites for hydroxylation is 1. The topological polar surface area (TPSA) is 94.4 Å². The van der Waals surface area contributed by atoms with Gasteiger partial charge in [0.15, 0.2) is 18.1 Å². The van der Waals surface area contributed by atoms with Crippen molar-refractivity contribution in [1.29, 1.82) is 0 Å². The molecule has 0 bridgehead atoms. The van der Waals surface area contributed by atoms with Crippen molar-refractivity contribution >= 4 is 23.8 Å². The molecule has 0 aliphatic rings. The highest BCUT2D eigenvalue weighted by Crippen LogP contribution is 2.33. The number of benzene rings is 2. The molecule has 0 amide bonds. The van der Waals surface area contributed by atoms with E-state index in [0.717, 1.165) is 16.7 Å². The lowest BCUT2D eigenvalue weighted by atomic mass is 10.1. The van der Waals surface area contributed by atoms with Crippen LogP contribution in [0.15, 0.2) is 48.0 Å². The number of nitrogens with zero attached hydrogens (tertiary/aromatic N) is 1. The number of rotatable bonds is 9. The molecule has 0 aliphatic heterocycles. The number of methoxy groups -OCH3 is 2. The third-order valence-corrected chi connectivity index (χ3v) is 4.05. The molecule has 1 N–H and O–H groups in total. The maximum Gasteiger partial charge on any atom is 0.341 e. The van der Waals surface area contributed by atoms with E-state index in [1.54, 1.807) is 36.6 Å². The van der Waals surface area contributed by atoms with Crippen LogP contribution in [0.1, 0.15) is 27.0 Å². The Balaban J connectivity index is 2.37. The minimum absolute atomic E-state index is 0.366. The van der Waals surface area contributed by atoms with Gasteiger partial charge in [-0.3, -0.25) is 4.99 Å². The largest absolute Gasteiger partial charge is 0.493 e. The number of aliphatic imine (C=N–C) groups is 1. The summed E-state index contributed by atoms with van der Waals surface area (Å²) in [6.45, 7) is 5.11. The summed E-state index contributed by atoms with van der Waals surface area (Å²) in [7, 11) is 2.82. The first-order valence-electron chi connectivity index (χ1n) is 8.79. The Bertz CT molecular complexity index is 949. The lowest BCUT2D eigenvalue weighted by Gasteiger charge is -2.14. The Morgan fingerprint density at radius 2 is 1.97 bits per heavy atom. The number of carboxylic acids is 1. The fourth-order valence-corrected chi connectivity index (χ4v) is 2.70. The van der Waals surface area contributed by atoms with Gasteiger partial charge in [0, 0.05) is 11.8 Å². The van der Waals surface area contributed by atoms with Crippen LogP contribution in [-0.2, 0) is 16.0 Å². The van der Waals surface area contributed by atoms with E-state index in [9.17, 15) is 9.59 Å². The molecule has 0 radical (unpaired) electrons. The quantitative estimate of drug-likeness (QED) is 0.394. The normalized spacial score (nSPS) is 10.6. The molecule has 0 heterocycles. The van der Waals surface area contributed by atoms with E-state index in [1.807, 2.05) is 13.0 Å². The van der Waals surface area contributed by atoms with Gasteiger partial charge in [0.25, 0.3) is 0 Å². The second-order valence-electron chi connectivity index (χ2n) is 6.14. The molecule has 2 rings (SSSR count). The maximum absolute atomic E-state index is 11.6. The predicted molar refractivity (Wildman–Crippen MR) is 110 cm³/mol. The van der Waals surface area contributed by atoms with E-state index < -0.39 is 18.5 Å². The number of carbonyl (C=O) groups is 2. The molecule has 0 saturated carbocycles. The second-order valence-corrected chi connectivity index (χ2v) is 6.14. The van der Waals surface area contributed by atoms with E-state index in [1.165, 1.54) is 14.2 Å². The van der Waals surface area contributed by atoms with Crippen LogP contribution < -0.4 is 9.47 Å². The Labute approximate surface area is 169 Å². The first-order chi connectivity index (χ1) is 13.9. The standard InChI is InChI=1S/C22H23NO6/c1-5-6-16-10-15(11-19(27-3)21(16)29-13-20(24)25)12-23-18-8-7-17(9-14(18)2)22(26)28-4/h5,7-12H,1,6,13H2,2-4H3,(H,24,25). The number of hydrogen-bond donors (Lipinski definition) is 1. The number of ether oxygens (including phenoxy) is 3. The van der Waals surface area contributed by atoms with Crippen LogP contribution in [0.25, 0.3) is 0 Å². The monoisotopic (exact) mass is 397 g/mol. The van der Waals surface area contributed by atoms with Gasteiger partial charge in [0.05, 0.1) is 25.5 Å². The fourth-order valence-electron chi connectivity index (χ4n) is 2.70. The first-order valence-corrected chi connectivity index (χ1v) is 8.79. The third kappa shape index (κ3) is 5.68. The summed E-state index contributed by atoms with van der Waals surface area (Å²) in [5.41, 5.74) is 3.47. The van der Waals surface area contributed by atoms with Gasteiger partial charge in [0.1, 0.15) is 0 Å². The van der Waals surface area contributed by atoms with Gasteiger partial charge in [-0.25, -0.2) is 9.59 Å². The molecule has 0 unspecified atom stereocenters. The van der Waals surface area contributed by atoms with Crippen molar-refractivity contribution in [2.24, 2.45) is 4.99 Å². The van der Waals surface area contributed by atoms with Gasteiger partial charge in [-0.15, -0.1) is 6.58 Å². The number of aliphatic carboxylic acids is 1. The number of carbonyl (C=O) groups excluding carboxylic acids is 1. The van der Waals surface area contributed by atoms with Gasteiger partial charge < -0.3 is 19.3 Å². The molecule has 152 valence electrons. The Morgan fingerprint density at radius 1 is 1.21 bits per heavy atom. The van der Waals surface area contributed by atoms with Gasteiger partial charge in [0.2, 0.25) is 0 Å². The van der Waals surface area contributed by atoms with Crippen LogP contribution in [0.5, 0.6) is 11.5 Å². The molecule has 7 heteroatoms. The van der Waals surface area contributed by atoms with E-state index >= 15 is 0 Å². The smallest absolute Gasteiger partial charge is 0.341 e. The Morgan fingerprint density at radius 3 is 2.55 bits per heavy atom.